The lowest BCUT2D eigenvalue weighted by Gasteiger charge is -2.25. The van der Waals surface area contributed by atoms with Crippen molar-refractivity contribution in [2.24, 2.45) is 5.73 Å². The van der Waals surface area contributed by atoms with Gasteiger partial charge in [-0.25, -0.2) is 8.42 Å². The van der Waals surface area contributed by atoms with E-state index in [0.717, 1.165) is 5.56 Å². The summed E-state index contributed by atoms with van der Waals surface area (Å²) in [6.07, 6.45) is 2.23. The van der Waals surface area contributed by atoms with Gasteiger partial charge in [-0.2, -0.15) is 5.10 Å². The van der Waals surface area contributed by atoms with E-state index in [2.05, 4.69) is 10.2 Å². The maximum atomic E-state index is 11.4. The van der Waals surface area contributed by atoms with E-state index in [9.17, 15) is 8.42 Å². The van der Waals surface area contributed by atoms with Gasteiger partial charge in [-0.15, -0.1) is 5.10 Å². The summed E-state index contributed by atoms with van der Waals surface area (Å²) in [6, 6.07) is 1.78. The molecule has 0 amide bonds. The third-order valence-corrected chi connectivity index (χ3v) is 4.84. The van der Waals surface area contributed by atoms with Crippen LogP contribution in [0.15, 0.2) is 12.3 Å². The van der Waals surface area contributed by atoms with Gasteiger partial charge in [-0.05, 0) is 12.5 Å². The Bertz CT molecular complexity index is 503. The van der Waals surface area contributed by atoms with Gasteiger partial charge in [0.15, 0.2) is 15.7 Å². The first kappa shape index (κ1) is 12.3. The monoisotopic (exact) mass is 256 g/mol. The molecule has 7 heteroatoms. The number of aromatic nitrogens is 2. The van der Waals surface area contributed by atoms with Gasteiger partial charge >= 0.3 is 0 Å². The van der Waals surface area contributed by atoms with Crippen molar-refractivity contribution in [1.82, 2.24) is 10.2 Å². The summed E-state index contributed by atoms with van der Waals surface area (Å²) in [6.45, 7) is 0.370. The summed E-state index contributed by atoms with van der Waals surface area (Å²) in [4.78, 5) is 1.87. The molecule has 0 saturated carbocycles. The molecule has 1 aliphatic heterocycles. The first-order valence-corrected chi connectivity index (χ1v) is 7.29. The van der Waals surface area contributed by atoms with Crippen molar-refractivity contribution in [2.45, 2.75) is 19.0 Å². The fourth-order valence-electron chi connectivity index (χ4n) is 2.06. The molecule has 0 aliphatic carbocycles. The SMILES string of the molecule is CN(c1nnccc1CN)C1CCS(=O)(=O)C1. The summed E-state index contributed by atoms with van der Waals surface area (Å²) in [5.74, 6) is 1.11. The lowest BCUT2D eigenvalue weighted by atomic mass is 10.2. The molecule has 2 heterocycles. The van der Waals surface area contributed by atoms with Crippen LogP contribution in [0.5, 0.6) is 0 Å². The van der Waals surface area contributed by atoms with Crippen LogP contribution in [-0.2, 0) is 16.4 Å². The zero-order valence-corrected chi connectivity index (χ0v) is 10.5. The smallest absolute Gasteiger partial charge is 0.155 e. The molecule has 1 aromatic heterocycles. The number of sulfone groups is 1. The van der Waals surface area contributed by atoms with Gasteiger partial charge in [0.1, 0.15) is 0 Å². The molecule has 0 bridgehead atoms. The number of anilines is 1. The summed E-state index contributed by atoms with van der Waals surface area (Å²) >= 11 is 0. The van der Waals surface area contributed by atoms with Crippen molar-refractivity contribution in [3.05, 3.63) is 17.8 Å². The van der Waals surface area contributed by atoms with Crippen molar-refractivity contribution >= 4 is 15.7 Å². The minimum Gasteiger partial charge on any atom is -0.354 e. The van der Waals surface area contributed by atoms with Gasteiger partial charge in [-0.1, -0.05) is 0 Å². The van der Waals surface area contributed by atoms with E-state index in [0.29, 0.717) is 18.8 Å². The predicted molar refractivity (Wildman–Crippen MR) is 65.4 cm³/mol. The molecule has 0 spiro atoms. The topological polar surface area (TPSA) is 89.2 Å². The number of nitrogens with zero attached hydrogens (tertiary/aromatic N) is 3. The fraction of sp³-hybridized carbons (Fsp3) is 0.600. The Morgan fingerprint density at radius 3 is 2.94 bits per heavy atom. The van der Waals surface area contributed by atoms with Crippen LogP contribution in [0.1, 0.15) is 12.0 Å². The van der Waals surface area contributed by atoms with E-state index in [1.807, 2.05) is 18.0 Å². The van der Waals surface area contributed by atoms with E-state index >= 15 is 0 Å². The molecule has 0 aromatic carbocycles. The van der Waals surface area contributed by atoms with Crippen LogP contribution in [0, 0.1) is 0 Å². The predicted octanol–water partition coefficient (Wildman–Crippen LogP) is -0.441. The molecule has 1 aliphatic rings. The zero-order valence-electron chi connectivity index (χ0n) is 9.70. The third kappa shape index (κ3) is 2.55. The Balaban J connectivity index is 2.23. The molecular weight excluding hydrogens is 240 g/mol. The molecule has 2 rings (SSSR count). The van der Waals surface area contributed by atoms with Crippen LogP contribution in [0.4, 0.5) is 5.82 Å². The van der Waals surface area contributed by atoms with Crippen LogP contribution in [0.25, 0.3) is 0 Å². The highest BCUT2D eigenvalue weighted by Gasteiger charge is 2.31. The molecule has 1 fully saturated rings. The van der Waals surface area contributed by atoms with Crippen LogP contribution < -0.4 is 10.6 Å². The minimum atomic E-state index is -2.89. The number of hydrogen-bond donors (Lipinski definition) is 1. The van der Waals surface area contributed by atoms with Crippen LogP contribution in [0.2, 0.25) is 0 Å². The van der Waals surface area contributed by atoms with Gasteiger partial charge < -0.3 is 10.6 Å². The van der Waals surface area contributed by atoms with E-state index in [4.69, 9.17) is 5.73 Å². The average Bonchev–Trinajstić information content (AvgIpc) is 2.68. The van der Waals surface area contributed by atoms with Crippen molar-refractivity contribution in [3.63, 3.8) is 0 Å². The second kappa shape index (κ2) is 4.58. The quantitative estimate of drug-likeness (QED) is 0.788. The Morgan fingerprint density at radius 2 is 2.35 bits per heavy atom. The second-order valence-corrected chi connectivity index (χ2v) is 6.48. The summed E-state index contributed by atoms with van der Waals surface area (Å²) in [5.41, 5.74) is 6.51. The lowest BCUT2D eigenvalue weighted by Crippen LogP contribution is -2.34. The van der Waals surface area contributed by atoms with Crippen molar-refractivity contribution < 1.29 is 8.42 Å². The first-order chi connectivity index (χ1) is 8.03. The summed E-state index contributed by atoms with van der Waals surface area (Å²) in [7, 11) is -1.05. The van der Waals surface area contributed by atoms with E-state index in [1.54, 1.807) is 6.20 Å². The molecule has 6 nitrogen and oxygen atoms in total. The molecule has 1 unspecified atom stereocenters. The van der Waals surface area contributed by atoms with Crippen molar-refractivity contribution in [3.8, 4) is 0 Å². The maximum absolute atomic E-state index is 11.4. The fourth-order valence-corrected chi connectivity index (χ4v) is 3.83. The Kier molecular flexibility index (Phi) is 3.30. The maximum Gasteiger partial charge on any atom is 0.155 e. The Hall–Kier alpha value is -1.21. The molecule has 1 atom stereocenters. The number of hydrogen-bond acceptors (Lipinski definition) is 6. The van der Waals surface area contributed by atoms with E-state index in [-0.39, 0.29) is 17.5 Å². The molecule has 17 heavy (non-hydrogen) atoms. The van der Waals surface area contributed by atoms with Crippen LogP contribution in [0.3, 0.4) is 0 Å². The highest BCUT2D eigenvalue weighted by atomic mass is 32.2. The Morgan fingerprint density at radius 1 is 1.59 bits per heavy atom. The second-order valence-electron chi connectivity index (χ2n) is 4.25. The van der Waals surface area contributed by atoms with Crippen LogP contribution >= 0.6 is 0 Å². The van der Waals surface area contributed by atoms with Gasteiger partial charge in [0, 0.05) is 25.2 Å². The van der Waals surface area contributed by atoms with Gasteiger partial charge in [0.05, 0.1) is 17.7 Å². The van der Waals surface area contributed by atoms with Gasteiger partial charge in [0.2, 0.25) is 0 Å². The van der Waals surface area contributed by atoms with Crippen molar-refractivity contribution in [1.29, 1.82) is 0 Å². The van der Waals surface area contributed by atoms with E-state index in [1.165, 1.54) is 0 Å². The van der Waals surface area contributed by atoms with Gasteiger partial charge in [-0.3, -0.25) is 0 Å². The molecule has 1 saturated heterocycles. The Labute approximate surface area is 101 Å². The standard InChI is InChI=1S/C10H16N4O2S/c1-14(9-3-5-17(15,16)7-9)10-8(6-11)2-4-12-13-10/h2,4,9H,3,5-7,11H2,1H3. The third-order valence-electron chi connectivity index (χ3n) is 3.09. The van der Waals surface area contributed by atoms with E-state index < -0.39 is 9.84 Å². The van der Waals surface area contributed by atoms with Gasteiger partial charge in [0.25, 0.3) is 0 Å². The summed E-state index contributed by atoms with van der Waals surface area (Å²) < 4.78 is 22.9. The average molecular weight is 256 g/mol. The molecule has 0 radical (unpaired) electrons. The zero-order chi connectivity index (χ0) is 12.5. The first-order valence-electron chi connectivity index (χ1n) is 5.47. The highest BCUT2D eigenvalue weighted by Crippen LogP contribution is 2.23. The highest BCUT2D eigenvalue weighted by molar-refractivity contribution is 7.91. The molecular formula is C10H16N4O2S. The molecule has 2 N–H and O–H groups in total. The molecule has 94 valence electrons. The summed E-state index contributed by atoms with van der Waals surface area (Å²) in [5, 5.41) is 7.87. The van der Waals surface area contributed by atoms with Crippen LogP contribution in [-0.4, -0.2) is 43.2 Å². The normalized spacial score (nSPS) is 22.6. The minimum absolute atomic E-state index is 0.0259. The number of rotatable bonds is 3. The largest absolute Gasteiger partial charge is 0.354 e. The number of nitrogens with two attached hydrogens (primary N) is 1. The molecule has 1 aromatic rings. The van der Waals surface area contributed by atoms with Crippen molar-refractivity contribution in [2.75, 3.05) is 23.5 Å². The lowest BCUT2D eigenvalue weighted by molar-refractivity contribution is 0.600.